The SMILES string of the molecule is O=C(O)c1ccc(N/N=C2/C[C@@H]3C[C@H]2[C@H]2CCC[C@H]32)cc1. The highest BCUT2D eigenvalue weighted by Crippen LogP contribution is 2.57. The highest BCUT2D eigenvalue weighted by Gasteiger charge is 2.52. The van der Waals surface area contributed by atoms with Crippen LogP contribution in [0.1, 0.15) is 42.5 Å². The summed E-state index contributed by atoms with van der Waals surface area (Å²) in [6, 6.07) is 6.77. The maximum Gasteiger partial charge on any atom is 0.335 e. The molecule has 0 amide bonds. The Bertz CT molecular complexity index is 593. The predicted molar refractivity (Wildman–Crippen MR) is 81.5 cm³/mol. The van der Waals surface area contributed by atoms with E-state index in [4.69, 9.17) is 5.11 Å². The first-order valence-electron chi connectivity index (χ1n) is 7.88. The van der Waals surface area contributed by atoms with Gasteiger partial charge in [0.15, 0.2) is 0 Å². The molecule has 110 valence electrons. The summed E-state index contributed by atoms with van der Waals surface area (Å²) in [7, 11) is 0. The zero-order chi connectivity index (χ0) is 14.4. The zero-order valence-corrected chi connectivity index (χ0v) is 12.0. The molecule has 4 heteroatoms. The second-order valence-corrected chi connectivity index (χ2v) is 6.66. The minimum absolute atomic E-state index is 0.307. The smallest absolute Gasteiger partial charge is 0.335 e. The monoisotopic (exact) mass is 284 g/mol. The first-order chi connectivity index (χ1) is 10.2. The molecule has 1 aromatic rings. The van der Waals surface area contributed by atoms with Gasteiger partial charge >= 0.3 is 5.97 Å². The molecule has 2 bridgehead atoms. The first-order valence-corrected chi connectivity index (χ1v) is 7.88. The van der Waals surface area contributed by atoms with Crippen LogP contribution in [0.15, 0.2) is 29.4 Å². The van der Waals surface area contributed by atoms with Crippen molar-refractivity contribution in [1.29, 1.82) is 0 Å². The van der Waals surface area contributed by atoms with Crippen LogP contribution in [0.25, 0.3) is 0 Å². The summed E-state index contributed by atoms with van der Waals surface area (Å²) in [5, 5.41) is 13.5. The molecule has 0 spiro atoms. The Labute approximate surface area is 124 Å². The lowest BCUT2D eigenvalue weighted by molar-refractivity contribution is 0.0697. The topological polar surface area (TPSA) is 61.7 Å². The summed E-state index contributed by atoms with van der Waals surface area (Å²) >= 11 is 0. The number of hydrogen-bond donors (Lipinski definition) is 2. The molecule has 0 heterocycles. The van der Waals surface area contributed by atoms with Crippen LogP contribution in [0.4, 0.5) is 5.69 Å². The van der Waals surface area contributed by atoms with Crippen molar-refractivity contribution in [3.63, 3.8) is 0 Å². The number of carboxylic acid groups (broad SMARTS) is 1. The van der Waals surface area contributed by atoms with Crippen LogP contribution in [-0.2, 0) is 0 Å². The first kappa shape index (κ1) is 12.9. The molecule has 0 unspecified atom stereocenters. The summed E-state index contributed by atoms with van der Waals surface area (Å²) in [6.07, 6.45) is 6.72. The maximum absolute atomic E-state index is 10.8. The number of hydrazone groups is 1. The molecule has 21 heavy (non-hydrogen) atoms. The van der Waals surface area contributed by atoms with E-state index in [1.807, 2.05) is 0 Å². The molecule has 3 saturated carbocycles. The van der Waals surface area contributed by atoms with E-state index in [1.54, 1.807) is 24.3 Å². The van der Waals surface area contributed by atoms with Crippen molar-refractivity contribution in [3.8, 4) is 0 Å². The lowest BCUT2D eigenvalue weighted by Gasteiger charge is -2.25. The number of carboxylic acids is 1. The van der Waals surface area contributed by atoms with Crippen molar-refractivity contribution in [1.82, 2.24) is 0 Å². The van der Waals surface area contributed by atoms with Gasteiger partial charge in [0.25, 0.3) is 0 Å². The minimum atomic E-state index is -0.895. The van der Waals surface area contributed by atoms with Crippen LogP contribution in [-0.4, -0.2) is 16.8 Å². The van der Waals surface area contributed by atoms with E-state index < -0.39 is 5.97 Å². The number of carbonyl (C=O) groups is 1. The van der Waals surface area contributed by atoms with Crippen LogP contribution in [0.5, 0.6) is 0 Å². The average Bonchev–Trinajstić information content (AvgIpc) is 3.17. The molecule has 0 saturated heterocycles. The number of aromatic carboxylic acids is 1. The fourth-order valence-corrected chi connectivity index (χ4v) is 4.77. The molecule has 4 nitrogen and oxygen atoms in total. The third kappa shape index (κ3) is 2.13. The van der Waals surface area contributed by atoms with E-state index in [9.17, 15) is 4.79 Å². The summed E-state index contributed by atoms with van der Waals surface area (Å²) in [5.74, 6) is 2.54. The van der Waals surface area contributed by atoms with Gasteiger partial charge in [0.1, 0.15) is 0 Å². The van der Waals surface area contributed by atoms with Crippen LogP contribution in [0.3, 0.4) is 0 Å². The van der Waals surface area contributed by atoms with Gasteiger partial charge in [-0.3, -0.25) is 5.43 Å². The van der Waals surface area contributed by atoms with Gasteiger partial charge in [-0.2, -0.15) is 5.10 Å². The van der Waals surface area contributed by atoms with Crippen molar-refractivity contribution in [2.75, 3.05) is 5.43 Å². The lowest BCUT2D eigenvalue weighted by Crippen LogP contribution is -2.25. The molecule has 3 fully saturated rings. The fraction of sp³-hybridized carbons (Fsp3) is 0.529. The van der Waals surface area contributed by atoms with Gasteiger partial charge in [-0.15, -0.1) is 0 Å². The molecule has 0 aromatic heterocycles. The van der Waals surface area contributed by atoms with Gasteiger partial charge < -0.3 is 5.11 Å². The van der Waals surface area contributed by atoms with E-state index >= 15 is 0 Å². The molecular weight excluding hydrogens is 264 g/mol. The number of fused-ring (bicyclic) bond motifs is 5. The number of benzene rings is 1. The Hall–Kier alpha value is -1.84. The second kappa shape index (κ2) is 4.86. The van der Waals surface area contributed by atoms with Crippen molar-refractivity contribution in [2.24, 2.45) is 28.8 Å². The van der Waals surface area contributed by atoms with Gasteiger partial charge in [0.2, 0.25) is 0 Å². The Morgan fingerprint density at radius 1 is 1.19 bits per heavy atom. The Kier molecular flexibility index (Phi) is 2.98. The maximum atomic E-state index is 10.8. The van der Waals surface area contributed by atoms with Crippen LogP contribution in [0.2, 0.25) is 0 Å². The number of nitrogens with zero attached hydrogens (tertiary/aromatic N) is 1. The highest BCUT2D eigenvalue weighted by molar-refractivity contribution is 5.91. The van der Waals surface area contributed by atoms with Crippen molar-refractivity contribution < 1.29 is 9.90 Å². The summed E-state index contributed by atoms with van der Waals surface area (Å²) in [5.41, 5.74) is 5.62. The molecule has 3 aliphatic carbocycles. The van der Waals surface area contributed by atoms with E-state index in [2.05, 4.69) is 10.5 Å². The number of nitrogens with one attached hydrogen (secondary N) is 1. The van der Waals surface area contributed by atoms with E-state index in [0.717, 1.165) is 29.9 Å². The second-order valence-electron chi connectivity index (χ2n) is 6.66. The minimum Gasteiger partial charge on any atom is -0.478 e. The number of rotatable bonds is 3. The molecule has 4 atom stereocenters. The Morgan fingerprint density at radius 3 is 2.71 bits per heavy atom. The van der Waals surface area contributed by atoms with Crippen molar-refractivity contribution in [2.45, 2.75) is 32.1 Å². The predicted octanol–water partition coefficient (Wildman–Crippen LogP) is 3.61. The van der Waals surface area contributed by atoms with E-state index in [-0.39, 0.29) is 0 Å². The standard InChI is InChI=1S/C17H20N2O2/c20-17(21)10-4-6-12(7-5-10)18-19-16-9-11-8-15(16)14-3-1-2-13(11)14/h4-7,11,13-15,18H,1-3,8-9H2,(H,20,21)/b19-16-/t11-,13+,14-,15-/m0/s1. The molecule has 3 aliphatic rings. The summed E-state index contributed by atoms with van der Waals surface area (Å²) < 4.78 is 0. The van der Waals surface area contributed by atoms with E-state index in [0.29, 0.717) is 11.5 Å². The summed E-state index contributed by atoms with van der Waals surface area (Å²) in [4.78, 5) is 10.8. The summed E-state index contributed by atoms with van der Waals surface area (Å²) in [6.45, 7) is 0. The van der Waals surface area contributed by atoms with Gasteiger partial charge in [-0.1, -0.05) is 6.42 Å². The molecule has 0 radical (unpaired) electrons. The van der Waals surface area contributed by atoms with Gasteiger partial charge in [-0.05, 0) is 67.7 Å². The lowest BCUT2D eigenvalue weighted by atomic mass is 9.81. The van der Waals surface area contributed by atoms with Crippen LogP contribution in [0, 0.1) is 23.7 Å². The quantitative estimate of drug-likeness (QED) is 0.833. The normalized spacial score (nSPS) is 35.1. The molecule has 2 N–H and O–H groups in total. The fourth-order valence-electron chi connectivity index (χ4n) is 4.77. The third-order valence-electron chi connectivity index (χ3n) is 5.66. The Balaban J connectivity index is 1.46. The van der Waals surface area contributed by atoms with Crippen LogP contribution < -0.4 is 5.43 Å². The van der Waals surface area contributed by atoms with Crippen molar-refractivity contribution >= 4 is 17.4 Å². The molecule has 1 aromatic carbocycles. The van der Waals surface area contributed by atoms with Gasteiger partial charge in [-0.25, -0.2) is 4.79 Å². The molecule has 0 aliphatic heterocycles. The average molecular weight is 284 g/mol. The molecule has 4 rings (SSSR count). The van der Waals surface area contributed by atoms with Crippen molar-refractivity contribution in [3.05, 3.63) is 29.8 Å². The number of anilines is 1. The largest absolute Gasteiger partial charge is 0.478 e. The Morgan fingerprint density at radius 2 is 1.95 bits per heavy atom. The van der Waals surface area contributed by atoms with E-state index in [1.165, 1.54) is 31.4 Å². The van der Waals surface area contributed by atoms with Gasteiger partial charge in [0.05, 0.1) is 11.3 Å². The molecular formula is C17H20N2O2. The number of hydrogen-bond acceptors (Lipinski definition) is 3. The zero-order valence-electron chi connectivity index (χ0n) is 12.0. The van der Waals surface area contributed by atoms with Gasteiger partial charge in [0, 0.05) is 11.6 Å². The third-order valence-corrected chi connectivity index (χ3v) is 5.66. The van der Waals surface area contributed by atoms with Crippen LogP contribution >= 0.6 is 0 Å². The highest BCUT2D eigenvalue weighted by atomic mass is 16.4.